The van der Waals surface area contributed by atoms with Gasteiger partial charge in [0.05, 0.1) is 5.69 Å². The van der Waals surface area contributed by atoms with Gasteiger partial charge in [-0.1, -0.05) is 6.07 Å². The first kappa shape index (κ1) is 10.0. The molecule has 5 heteroatoms. The highest BCUT2D eigenvalue weighted by molar-refractivity contribution is 5.45. The molecule has 0 bridgehead atoms. The topological polar surface area (TPSA) is 70.5 Å². The fraction of sp³-hybridized carbons (Fsp3) is 0.250. The van der Waals surface area contributed by atoms with Crippen LogP contribution in [-0.4, -0.2) is 11.8 Å². The Balaban J connectivity index is 1.88. The van der Waals surface area contributed by atoms with Crippen LogP contribution in [0.2, 0.25) is 0 Å². The van der Waals surface area contributed by atoms with Gasteiger partial charge in [-0.3, -0.25) is 0 Å². The Bertz CT molecular complexity index is 563. The largest absolute Gasteiger partial charge is 0.454 e. The van der Waals surface area contributed by atoms with Crippen molar-refractivity contribution >= 4 is 6.01 Å². The number of hydrogen-bond donors (Lipinski definition) is 1. The molecule has 0 saturated carbocycles. The number of nitrogens with two attached hydrogens (primary N) is 1. The van der Waals surface area contributed by atoms with Crippen LogP contribution < -0.4 is 15.2 Å². The second-order valence-corrected chi connectivity index (χ2v) is 3.93. The molecule has 0 aliphatic carbocycles. The zero-order chi connectivity index (χ0) is 11.8. The minimum Gasteiger partial charge on any atom is -0.454 e. The first-order valence-electron chi connectivity index (χ1n) is 5.32. The number of benzene rings is 1. The molecule has 1 aliphatic heterocycles. The molecule has 1 aromatic heterocycles. The quantitative estimate of drug-likeness (QED) is 0.856. The molecule has 88 valence electrons. The number of ether oxygens (including phenoxy) is 2. The molecule has 2 aromatic rings. The first-order valence-corrected chi connectivity index (χ1v) is 5.32. The molecule has 0 radical (unpaired) electrons. The molecular weight excluding hydrogens is 220 g/mol. The molecule has 5 nitrogen and oxygen atoms in total. The molecule has 2 heterocycles. The molecular formula is C12H12N2O3. The number of oxazole rings is 1. The monoisotopic (exact) mass is 232 g/mol. The van der Waals surface area contributed by atoms with Gasteiger partial charge in [0.25, 0.3) is 6.01 Å². The van der Waals surface area contributed by atoms with E-state index in [0.29, 0.717) is 6.42 Å². The number of rotatable bonds is 2. The summed E-state index contributed by atoms with van der Waals surface area (Å²) in [6, 6.07) is 6.03. The van der Waals surface area contributed by atoms with Crippen molar-refractivity contribution in [3.63, 3.8) is 0 Å². The van der Waals surface area contributed by atoms with Gasteiger partial charge in [0.1, 0.15) is 5.76 Å². The van der Waals surface area contributed by atoms with Crippen molar-refractivity contribution < 1.29 is 13.9 Å². The van der Waals surface area contributed by atoms with Crippen LogP contribution in [-0.2, 0) is 6.42 Å². The smallest absolute Gasteiger partial charge is 0.292 e. The van der Waals surface area contributed by atoms with Crippen molar-refractivity contribution in [1.29, 1.82) is 0 Å². The maximum Gasteiger partial charge on any atom is 0.292 e. The fourth-order valence-electron chi connectivity index (χ4n) is 1.85. The number of fused-ring (bicyclic) bond motifs is 1. The predicted octanol–water partition coefficient (Wildman–Crippen LogP) is 1.88. The molecule has 0 unspecified atom stereocenters. The molecule has 1 aromatic carbocycles. The highest BCUT2D eigenvalue weighted by Crippen LogP contribution is 2.33. The van der Waals surface area contributed by atoms with E-state index in [1.165, 1.54) is 0 Å². The molecule has 2 N–H and O–H groups in total. The van der Waals surface area contributed by atoms with E-state index in [9.17, 15) is 0 Å². The Hall–Kier alpha value is -2.17. The van der Waals surface area contributed by atoms with E-state index in [0.717, 1.165) is 28.5 Å². The van der Waals surface area contributed by atoms with E-state index in [4.69, 9.17) is 19.6 Å². The van der Waals surface area contributed by atoms with E-state index >= 15 is 0 Å². The van der Waals surface area contributed by atoms with Gasteiger partial charge in [0, 0.05) is 6.42 Å². The molecule has 0 saturated heterocycles. The van der Waals surface area contributed by atoms with Crippen LogP contribution in [0.5, 0.6) is 11.5 Å². The van der Waals surface area contributed by atoms with E-state index in [2.05, 4.69) is 4.98 Å². The van der Waals surface area contributed by atoms with Crippen molar-refractivity contribution in [1.82, 2.24) is 4.98 Å². The first-order chi connectivity index (χ1) is 8.22. The van der Waals surface area contributed by atoms with Gasteiger partial charge in [-0.05, 0) is 24.6 Å². The van der Waals surface area contributed by atoms with Gasteiger partial charge in [-0.25, -0.2) is 0 Å². The third kappa shape index (κ3) is 1.80. The lowest BCUT2D eigenvalue weighted by Crippen LogP contribution is -1.93. The van der Waals surface area contributed by atoms with Crippen molar-refractivity contribution in [2.75, 3.05) is 12.5 Å². The zero-order valence-corrected chi connectivity index (χ0v) is 9.40. The number of nitrogens with zero attached hydrogens (tertiary/aromatic N) is 1. The maximum atomic E-state index is 5.50. The van der Waals surface area contributed by atoms with Gasteiger partial charge in [0.15, 0.2) is 11.5 Å². The normalized spacial score (nSPS) is 13.0. The van der Waals surface area contributed by atoms with E-state index in [-0.39, 0.29) is 12.8 Å². The van der Waals surface area contributed by atoms with Crippen molar-refractivity contribution in [2.45, 2.75) is 13.3 Å². The number of aryl methyl sites for hydroxylation is 1. The summed E-state index contributed by atoms with van der Waals surface area (Å²) in [4.78, 5) is 4.03. The number of anilines is 1. The Morgan fingerprint density at radius 1 is 1.29 bits per heavy atom. The molecule has 0 spiro atoms. The van der Waals surface area contributed by atoms with Crippen LogP contribution in [0.15, 0.2) is 22.6 Å². The average molecular weight is 232 g/mol. The van der Waals surface area contributed by atoms with Gasteiger partial charge in [0.2, 0.25) is 6.79 Å². The van der Waals surface area contributed by atoms with Gasteiger partial charge < -0.3 is 19.6 Å². The summed E-state index contributed by atoms with van der Waals surface area (Å²) in [5.74, 6) is 2.33. The third-order valence-corrected chi connectivity index (χ3v) is 2.71. The molecule has 0 atom stereocenters. The van der Waals surface area contributed by atoms with Gasteiger partial charge in [-0.2, -0.15) is 4.98 Å². The SMILES string of the molecule is Cc1nc(N)oc1Cc1ccc2c(c1)OCO2. The van der Waals surface area contributed by atoms with Crippen LogP contribution in [0.25, 0.3) is 0 Å². The van der Waals surface area contributed by atoms with Crippen molar-refractivity contribution in [2.24, 2.45) is 0 Å². The number of hydrogen-bond acceptors (Lipinski definition) is 5. The Morgan fingerprint density at radius 2 is 2.12 bits per heavy atom. The van der Waals surface area contributed by atoms with E-state index in [1.807, 2.05) is 25.1 Å². The maximum absolute atomic E-state index is 5.50. The van der Waals surface area contributed by atoms with Crippen molar-refractivity contribution in [3.05, 3.63) is 35.2 Å². The average Bonchev–Trinajstić information content (AvgIpc) is 2.85. The van der Waals surface area contributed by atoms with Crippen LogP contribution >= 0.6 is 0 Å². The van der Waals surface area contributed by atoms with Crippen LogP contribution in [0.3, 0.4) is 0 Å². The fourth-order valence-corrected chi connectivity index (χ4v) is 1.85. The summed E-state index contributed by atoms with van der Waals surface area (Å²) >= 11 is 0. The molecule has 0 fully saturated rings. The lowest BCUT2D eigenvalue weighted by Gasteiger charge is -2.01. The summed E-state index contributed by atoms with van der Waals surface area (Å²) < 4.78 is 15.9. The minimum absolute atomic E-state index is 0.207. The molecule has 1 aliphatic rings. The standard InChI is InChI=1S/C12H12N2O3/c1-7-10(17-12(13)14-7)4-8-2-3-9-11(5-8)16-6-15-9/h2-3,5H,4,6H2,1H3,(H2,13,14). The predicted molar refractivity (Wildman–Crippen MR) is 61.0 cm³/mol. The number of nitrogen functional groups attached to an aromatic ring is 1. The van der Waals surface area contributed by atoms with Crippen LogP contribution in [0, 0.1) is 6.92 Å². The highest BCUT2D eigenvalue weighted by Gasteiger charge is 2.15. The highest BCUT2D eigenvalue weighted by atomic mass is 16.7. The lowest BCUT2D eigenvalue weighted by molar-refractivity contribution is 0.174. The Morgan fingerprint density at radius 3 is 2.88 bits per heavy atom. The summed E-state index contributed by atoms with van der Waals surface area (Å²) in [6.45, 7) is 2.16. The second kappa shape index (κ2) is 3.69. The Labute approximate surface area is 98.2 Å². The minimum atomic E-state index is 0.207. The third-order valence-electron chi connectivity index (χ3n) is 2.71. The van der Waals surface area contributed by atoms with Crippen LogP contribution in [0.1, 0.15) is 17.0 Å². The summed E-state index contributed by atoms with van der Waals surface area (Å²) in [6.07, 6.45) is 0.646. The van der Waals surface area contributed by atoms with E-state index < -0.39 is 0 Å². The zero-order valence-electron chi connectivity index (χ0n) is 9.40. The molecule has 17 heavy (non-hydrogen) atoms. The lowest BCUT2D eigenvalue weighted by atomic mass is 10.1. The summed E-state index contributed by atoms with van der Waals surface area (Å²) in [5.41, 5.74) is 7.40. The van der Waals surface area contributed by atoms with Crippen molar-refractivity contribution in [3.8, 4) is 11.5 Å². The number of aromatic nitrogens is 1. The Kier molecular flexibility index (Phi) is 2.18. The van der Waals surface area contributed by atoms with E-state index in [1.54, 1.807) is 0 Å². The molecule has 0 amide bonds. The van der Waals surface area contributed by atoms with Gasteiger partial charge >= 0.3 is 0 Å². The second-order valence-electron chi connectivity index (χ2n) is 3.93. The molecule has 3 rings (SSSR count). The summed E-state index contributed by atoms with van der Waals surface area (Å²) in [7, 11) is 0. The van der Waals surface area contributed by atoms with Gasteiger partial charge in [-0.15, -0.1) is 0 Å². The summed E-state index contributed by atoms with van der Waals surface area (Å²) in [5, 5.41) is 0. The van der Waals surface area contributed by atoms with Crippen LogP contribution in [0.4, 0.5) is 6.01 Å².